The van der Waals surface area contributed by atoms with Gasteiger partial charge in [-0.1, -0.05) is 149 Å². The second-order valence-corrected chi connectivity index (χ2v) is 13.2. The van der Waals surface area contributed by atoms with Crippen molar-refractivity contribution in [2.75, 3.05) is 0 Å². The second kappa shape index (κ2) is 11.4. The Labute approximate surface area is 277 Å². The lowest BCUT2D eigenvalue weighted by atomic mass is 9.79. The topological polar surface area (TPSA) is 17.3 Å². The maximum atomic E-state index is 5.69. The summed E-state index contributed by atoms with van der Waals surface area (Å²) in [5.41, 5.74) is 12.4. The monoisotopic (exact) mass is 606 g/mol. The van der Waals surface area contributed by atoms with Crippen molar-refractivity contribution < 1.29 is 0 Å². The number of allylic oxidation sites excluding steroid dienone is 2. The largest absolute Gasteiger partial charge is 0.308 e. The van der Waals surface area contributed by atoms with Crippen molar-refractivity contribution in [2.24, 2.45) is 4.99 Å². The molecule has 1 aromatic heterocycles. The quantitative estimate of drug-likeness (QED) is 0.161. The van der Waals surface area contributed by atoms with Crippen LogP contribution in [0.3, 0.4) is 0 Å². The van der Waals surface area contributed by atoms with Crippen molar-refractivity contribution in [3.8, 4) is 11.1 Å². The van der Waals surface area contributed by atoms with E-state index in [-0.39, 0.29) is 5.41 Å². The van der Waals surface area contributed by atoms with E-state index in [1.807, 2.05) is 0 Å². The molecule has 0 atom stereocenters. The Morgan fingerprint density at radius 1 is 0.660 bits per heavy atom. The fraction of sp³-hybridized carbons (Fsp3) is 0.133. The molecule has 0 N–H and O–H groups in total. The fourth-order valence-corrected chi connectivity index (χ4v) is 7.56. The summed E-state index contributed by atoms with van der Waals surface area (Å²) in [7, 11) is 0. The van der Waals surface area contributed by atoms with E-state index < -0.39 is 0 Å². The normalized spacial score (nSPS) is 14.3. The average molecular weight is 607 g/mol. The molecule has 1 aliphatic carbocycles. The molecular formula is C45H38N2. The highest BCUT2D eigenvalue weighted by atomic mass is 15.0. The van der Waals surface area contributed by atoms with Gasteiger partial charge < -0.3 is 4.57 Å². The molecule has 0 amide bonds. The Kier molecular flexibility index (Phi) is 7.03. The lowest BCUT2D eigenvalue weighted by molar-refractivity contribution is 0.602. The first kappa shape index (κ1) is 29.0. The first-order valence-electron chi connectivity index (χ1n) is 16.7. The molecule has 0 bridgehead atoms. The van der Waals surface area contributed by atoms with E-state index in [0.29, 0.717) is 0 Å². The molecule has 0 spiro atoms. The van der Waals surface area contributed by atoms with Gasteiger partial charge in [-0.15, -0.1) is 0 Å². The van der Waals surface area contributed by atoms with E-state index in [9.17, 15) is 0 Å². The molecule has 0 unspecified atom stereocenters. The zero-order chi connectivity index (χ0) is 32.1. The van der Waals surface area contributed by atoms with Gasteiger partial charge in [0.25, 0.3) is 0 Å². The van der Waals surface area contributed by atoms with E-state index in [2.05, 4.69) is 165 Å². The number of para-hydroxylation sites is 1. The first-order chi connectivity index (χ1) is 23.0. The summed E-state index contributed by atoms with van der Waals surface area (Å²) in [5.74, 6) is 0. The summed E-state index contributed by atoms with van der Waals surface area (Å²) in [4.78, 5) is 5.69. The minimum atomic E-state index is -0.149. The molecule has 7 aromatic rings. The van der Waals surface area contributed by atoms with E-state index >= 15 is 0 Å². The fourth-order valence-electron chi connectivity index (χ4n) is 7.56. The Morgan fingerprint density at radius 2 is 1.32 bits per heavy atom. The molecule has 2 heteroatoms. The minimum absolute atomic E-state index is 0.149. The smallest absolute Gasteiger partial charge is 0.0943 e. The van der Waals surface area contributed by atoms with Crippen LogP contribution in [0.15, 0.2) is 157 Å². The summed E-state index contributed by atoms with van der Waals surface area (Å²) in [6.07, 6.45) is 2.04. The minimum Gasteiger partial charge on any atom is -0.308 e. The lowest BCUT2D eigenvalue weighted by Gasteiger charge is -2.25. The lowest BCUT2D eigenvalue weighted by Crippen LogP contribution is -2.17. The van der Waals surface area contributed by atoms with Gasteiger partial charge in [-0.05, 0) is 63.7 Å². The number of rotatable bonds is 7. The van der Waals surface area contributed by atoms with Crippen LogP contribution < -0.4 is 0 Å². The molecule has 0 aliphatic heterocycles. The standard InChI is InChI=1S/C45H38N2/c1-5-16-39-44(37-26-25-35(28-40(37)45(39,3)4)31-17-8-6-9-18-31)46-43(32-19-10-7-11-20-32)30(2)47-41-24-15-14-23-36(41)38-27-33-21-12-13-22-34(33)29-42(38)47/h6-15,17-29H,2,5,16H2,1,3-4H3. The zero-order valence-electron chi connectivity index (χ0n) is 27.3. The molecule has 0 radical (unpaired) electrons. The number of hydrogen-bond donors (Lipinski definition) is 0. The van der Waals surface area contributed by atoms with Crippen LogP contribution in [0, 0.1) is 0 Å². The zero-order valence-corrected chi connectivity index (χ0v) is 27.3. The maximum absolute atomic E-state index is 5.69. The molecule has 0 fully saturated rings. The highest BCUT2D eigenvalue weighted by Crippen LogP contribution is 2.50. The van der Waals surface area contributed by atoms with E-state index in [1.54, 1.807) is 0 Å². The summed E-state index contributed by atoms with van der Waals surface area (Å²) in [5, 5.41) is 4.89. The molecule has 8 rings (SSSR count). The first-order valence-corrected chi connectivity index (χ1v) is 16.7. The number of nitrogens with zero attached hydrogens (tertiary/aromatic N) is 2. The molecule has 1 heterocycles. The van der Waals surface area contributed by atoms with Gasteiger partial charge >= 0.3 is 0 Å². The molecule has 0 saturated carbocycles. The molecule has 6 aromatic carbocycles. The molecular weight excluding hydrogens is 569 g/mol. The van der Waals surface area contributed by atoms with Gasteiger partial charge in [-0.2, -0.15) is 0 Å². The van der Waals surface area contributed by atoms with Crippen molar-refractivity contribution in [3.05, 3.63) is 168 Å². The second-order valence-electron chi connectivity index (χ2n) is 13.2. The van der Waals surface area contributed by atoms with Crippen LogP contribution in [-0.2, 0) is 5.41 Å². The SMILES string of the molecule is C=C(C(=NC1=C(CCC)C(C)(C)c2cc(-c3ccccc3)ccc21)c1ccccc1)n1c2ccccc2c2cc3ccccc3cc21. The van der Waals surface area contributed by atoms with Gasteiger partial charge in [0.1, 0.15) is 0 Å². The van der Waals surface area contributed by atoms with Crippen molar-refractivity contribution in [3.63, 3.8) is 0 Å². The third kappa shape index (κ3) is 4.75. The van der Waals surface area contributed by atoms with E-state index in [4.69, 9.17) is 11.6 Å². The van der Waals surface area contributed by atoms with Crippen LogP contribution in [0.4, 0.5) is 0 Å². The van der Waals surface area contributed by atoms with Gasteiger partial charge in [0.15, 0.2) is 0 Å². The Hall–Kier alpha value is -5.47. The van der Waals surface area contributed by atoms with E-state index in [1.165, 1.54) is 49.4 Å². The van der Waals surface area contributed by atoms with Gasteiger partial charge in [0.2, 0.25) is 0 Å². The highest BCUT2D eigenvalue weighted by Gasteiger charge is 2.38. The van der Waals surface area contributed by atoms with Crippen molar-refractivity contribution >= 4 is 49.7 Å². The van der Waals surface area contributed by atoms with Crippen LogP contribution in [0.2, 0.25) is 0 Å². The molecule has 0 saturated heterocycles. The predicted molar refractivity (Wildman–Crippen MR) is 202 cm³/mol. The van der Waals surface area contributed by atoms with Crippen LogP contribution >= 0.6 is 0 Å². The highest BCUT2D eigenvalue weighted by molar-refractivity contribution is 6.31. The van der Waals surface area contributed by atoms with Gasteiger partial charge in [0.05, 0.1) is 28.1 Å². The molecule has 2 nitrogen and oxygen atoms in total. The van der Waals surface area contributed by atoms with Gasteiger partial charge in [-0.3, -0.25) is 0 Å². The number of aromatic nitrogens is 1. The van der Waals surface area contributed by atoms with Gasteiger partial charge in [0, 0.05) is 27.3 Å². The average Bonchev–Trinajstić information content (AvgIpc) is 3.54. The summed E-state index contributed by atoms with van der Waals surface area (Å²) >= 11 is 0. The summed E-state index contributed by atoms with van der Waals surface area (Å²) < 4.78 is 2.32. The van der Waals surface area contributed by atoms with Crippen molar-refractivity contribution in [1.82, 2.24) is 4.57 Å². The van der Waals surface area contributed by atoms with Gasteiger partial charge in [-0.25, -0.2) is 4.99 Å². The molecule has 1 aliphatic rings. The Morgan fingerprint density at radius 3 is 2.06 bits per heavy atom. The number of fused-ring (bicyclic) bond motifs is 5. The van der Waals surface area contributed by atoms with E-state index in [0.717, 1.165) is 46.5 Å². The third-order valence-corrected chi connectivity index (χ3v) is 9.95. The summed E-state index contributed by atoms with van der Waals surface area (Å²) in [6.45, 7) is 11.8. The van der Waals surface area contributed by atoms with Crippen molar-refractivity contribution in [1.29, 1.82) is 0 Å². The van der Waals surface area contributed by atoms with Crippen LogP contribution in [0.25, 0.3) is 55.1 Å². The number of hydrogen-bond acceptors (Lipinski definition) is 1. The van der Waals surface area contributed by atoms with Crippen LogP contribution in [0.1, 0.15) is 50.3 Å². The predicted octanol–water partition coefficient (Wildman–Crippen LogP) is 12.1. The Balaban J connectivity index is 1.38. The molecule has 228 valence electrons. The van der Waals surface area contributed by atoms with Crippen LogP contribution in [0.5, 0.6) is 0 Å². The maximum Gasteiger partial charge on any atom is 0.0943 e. The van der Waals surface area contributed by atoms with Crippen molar-refractivity contribution in [2.45, 2.75) is 39.0 Å². The molecule has 47 heavy (non-hydrogen) atoms. The number of aliphatic imine (C=N–C) groups is 1. The summed E-state index contributed by atoms with van der Waals surface area (Å²) in [6, 6.07) is 50.1. The third-order valence-electron chi connectivity index (χ3n) is 9.95. The Bertz CT molecular complexity index is 2380. The number of benzene rings is 6. The van der Waals surface area contributed by atoms with Crippen LogP contribution in [-0.4, -0.2) is 10.3 Å².